The number of methoxy groups -OCH3 is 1. The quantitative estimate of drug-likeness (QED) is 0.428. The molecule has 0 bridgehead atoms. The summed E-state index contributed by atoms with van der Waals surface area (Å²) in [7, 11) is 2.74. The summed E-state index contributed by atoms with van der Waals surface area (Å²) in [5, 5.41) is 11.1. The monoisotopic (exact) mass is 390 g/mol. The van der Waals surface area contributed by atoms with Crippen LogP contribution < -0.4 is 0 Å². The van der Waals surface area contributed by atoms with E-state index in [0.29, 0.717) is 21.7 Å². The average Bonchev–Trinajstić information content (AvgIpc) is 2.65. The van der Waals surface area contributed by atoms with Gasteiger partial charge in [-0.25, -0.2) is 4.79 Å². The Morgan fingerprint density at radius 2 is 1.85 bits per heavy atom. The maximum absolute atomic E-state index is 12.9. The fourth-order valence-electron chi connectivity index (χ4n) is 2.71. The Labute approximate surface area is 161 Å². The highest BCUT2D eigenvalue weighted by molar-refractivity contribution is 6.34. The Bertz CT molecular complexity index is 847. The Hall–Kier alpha value is -2.93. The van der Waals surface area contributed by atoms with Gasteiger partial charge in [-0.05, 0) is 24.1 Å². The summed E-state index contributed by atoms with van der Waals surface area (Å²) >= 11 is 6.17. The second-order valence-electron chi connectivity index (χ2n) is 6.01. The third-order valence-corrected chi connectivity index (χ3v) is 4.59. The molecule has 27 heavy (non-hydrogen) atoms. The number of non-ortho nitro benzene ring substituents is 1. The predicted molar refractivity (Wildman–Crippen MR) is 101 cm³/mol. The van der Waals surface area contributed by atoms with E-state index in [9.17, 15) is 19.7 Å². The Kier molecular flexibility index (Phi) is 6.52. The molecule has 0 radical (unpaired) electrons. The van der Waals surface area contributed by atoms with Crippen LogP contribution in [0.25, 0.3) is 0 Å². The normalized spacial score (nSPS) is 11.6. The molecule has 8 heteroatoms. The largest absolute Gasteiger partial charge is 0.467 e. The second kappa shape index (κ2) is 8.64. The molecule has 0 unspecified atom stereocenters. The molecular formula is C19H19ClN2O5. The predicted octanol–water partition coefficient (Wildman–Crippen LogP) is 3.41. The second-order valence-corrected chi connectivity index (χ2v) is 6.42. The van der Waals surface area contributed by atoms with Crippen molar-refractivity contribution in [3.8, 4) is 0 Å². The zero-order chi connectivity index (χ0) is 20.1. The number of hydrogen-bond donors (Lipinski definition) is 0. The molecule has 0 aromatic heterocycles. The number of amides is 1. The van der Waals surface area contributed by atoms with Gasteiger partial charge in [0.2, 0.25) is 0 Å². The van der Waals surface area contributed by atoms with Crippen molar-refractivity contribution in [3.05, 3.63) is 74.3 Å². The van der Waals surface area contributed by atoms with Crippen molar-refractivity contribution < 1.29 is 19.2 Å². The van der Waals surface area contributed by atoms with E-state index < -0.39 is 22.8 Å². The van der Waals surface area contributed by atoms with E-state index >= 15 is 0 Å². The fraction of sp³-hybridized carbons (Fsp3) is 0.263. The number of nitro benzene ring substituents is 1. The Balaban J connectivity index is 2.31. The number of benzene rings is 2. The molecule has 7 nitrogen and oxygen atoms in total. The first-order chi connectivity index (χ1) is 12.8. The van der Waals surface area contributed by atoms with Gasteiger partial charge in [0.05, 0.1) is 22.6 Å². The summed E-state index contributed by atoms with van der Waals surface area (Å²) < 4.78 is 4.84. The van der Waals surface area contributed by atoms with Crippen LogP contribution in [0.15, 0.2) is 42.5 Å². The minimum atomic E-state index is -0.903. The molecule has 0 saturated carbocycles. The lowest BCUT2D eigenvalue weighted by Crippen LogP contribution is -2.44. The number of likely N-dealkylation sites (N-methyl/N-ethyl adjacent to an activating group) is 1. The molecule has 2 aromatic carbocycles. The van der Waals surface area contributed by atoms with E-state index in [2.05, 4.69) is 0 Å². The zero-order valence-corrected chi connectivity index (χ0v) is 15.9. The average molecular weight is 391 g/mol. The summed E-state index contributed by atoms with van der Waals surface area (Å²) in [4.78, 5) is 36.8. The van der Waals surface area contributed by atoms with Crippen LogP contribution in [0.2, 0.25) is 5.02 Å². The molecule has 0 aliphatic heterocycles. The van der Waals surface area contributed by atoms with Gasteiger partial charge in [0, 0.05) is 25.6 Å². The number of aryl methyl sites for hydroxylation is 1. The van der Waals surface area contributed by atoms with Crippen LogP contribution in [0, 0.1) is 17.0 Å². The molecule has 1 amide bonds. The fourth-order valence-corrected chi connectivity index (χ4v) is 3.01. The van der Waals surface area contributed by atoms with Crippen molar-refractivity contribution in [1.82, 2.24) is 4.90 Å². The summed E-state index contributed by atoms with van der Waals surface area (Å²) in [6.07, 6.45) is 0.149. The molecule has 0 N–H and O–H groups in total. The smallest absolute Gasteiger partial charge is 0.328 e. The lowest BCUT2D eigenvalue weighted by atomic mass is 10.0. The standard InChI is InChI=1S/C19H19ClN2O5/c1-12-5-4-6-15(20)17(12)18(23)21(2)16(19(24)27-3)11-13-7-9-14(10-8-13)22(25)26/h4-10,16H,11H2,1-3H3/t16-/m0/s1. The van der Waals surface area contributed by atoms with Gasteiger partial charge in [0.25, 0.3) is 11.6 Å². The van der Waals surface area contributed by atoms with Crippen LogP contribution in [0.1, 0.15) is 21.5 Å². The Morgan fingerprint density at radius 3 is 2.37 bits per heavy atom. The van der Waals surface area contributed by atoms with E-state index in [1.165, 1.54) is 31.2 Å². The Morgan fingerprint density at radius 1 is 1.22 bits per heavy atom. The molecule has 2 rings (SSSR count). The van der Waals surface area contributed by atoms with Crippen molar-refractivity contribution in [2.75, 3.05) is 14.2 Å². The number of halogens is 1. The lowest BCUT2D eigenvalue weighted by molar-refractivity contribution is -0.384. The van der Waals surface area contributed by atoms with Crippen LogP contribution >= 0.6 is 11.6 Å². The molecule has 0 heterocycles. The van der Waals surface area contributed by atoms with Crippen LogP contribution in [0.3, 0.4) is 0 Å². The van der Waals surface area contributed by atoms with Gasteiger partial charge in [-0.3, -0.25) is 14.9 Å². The van der Waals surface area contributed by atoms with Crippen molar-refractivity contribution >= 4 is 29.2 Å². The van der Waals surface area contributed by atoms with E-state index in [-0.39, 0.29) is 12.1 Å². The highest BCUT2D eigenvalue weighted by atomic mass is 35.5. The number of rotatable bonds is 6. The SMILES string of the molecule is COC(=O)[C@H](Cc1ccc([N+](=O)[O-])cc1)N(C)C(=O)c1c(C)cccc1Cl. The first kappa shape index (κ1) is 20.4. The number of hydrogen-bond acceptors (Lipinski definition) is 5. The highest BCUT2D eigenvalue weighted by Crippen LogP contribution is 2.23. The van der Waals surface area contributed by atoms with Crippen LogP contribution in [-0.2, 0) is 16.0 Å². The first-order valence-electron chi connectivity index (χ1n) is 8.09. The van der Waals surface area contributed by atoms with Gasteiger partial charge in [0.15, 0.2) is 0 Å². The summed E-state index contributed by atoms with van der Waals surface area (Å²) in [5.74, 6) is -0.996. The zero-order valence-electron chi connectivity index (χ0n) is 15.1. The molecule has 0 fully saturated rings. The van der Waals surface area contributed by atoms with Gasteiger partial charge in [-0.1, -0.05) is 35.9 Å². The summed E-state index contributed by atoms with van der Waals surface area (Å²) in [5.41, 5.74) is 1.62. The van der Waals surface area contributed by atoms with Gasteiger partial charge in [-0.15, -0.1) is 0 Å². The van der Waals surface area contributed by atoms with E-state index in [0.717, 1.165) is 0 Å². The van der Waals surface area contributed by atoms with Gasteiger partial charge in [-0.2, -0.15) is 0 Å². The minimum absolute atomic E-state index is 0.0514. The molecule has 2 aromatic rings. The number of carbonyl (C=O) groups excluding carboxylic acids is 2. The summed E-state index contributed by atoms with van der Waals surface area (Å²) in [6.45, 7) is 1.76. The number of nitrogens with zero attached hydrogens (tertiary/aromatic N) is 2. The number of nitro groups is 1. The number of carbonyl (C=O) groups is 2. The molecule has 142 valence electrons. The molecule has 0 spiro atoms. The minimum Gasteiger partial charge on any atom is -0.467 e. The summed E-state index contributed by atoms with van der Waals surface area (Å²) in [6, 6.07) is 10.0. The highest BCUT2D eigenvalue weighted by Gasteiger charge is 2.30. The number of ether oxygens (including phenoxy) is 1. The first-order valence-corrected chi connectivity index (χ1v) is 8.47. The van der Waals surface area contributed by atoms with E-state index in [1.54, 1.807) is 37.3 Å². The van der Waals surface area contributed by atoms with E-state index in [4.69, 9.17) is 16.3 Å². The third-order valence-electron chi connectivity index (χ3n) is 4.27. The maximum Gasteiger partial charge on any atom is 0.328 e. The van der Waals surface area contributed by atoms with Crippen molar-refractivity contribution in [3.63, 3.8) is 0 Å². The molecule has 0 aliphatic carbocycles. The number of esters is 1. The topological polar surface area (TPSA) is 89.8 Å². The molecular weight excluding hydrogens is 372 g/mol. The van der Waals surface area contributed by atoms with Crippen molar-refractivity contribution in [2.45, 2.75) is 19.4 Å². The van der Waals surface area contributed by atoms with Gasteiger partial charge >= 0.3 is 5.97 Å². The van der Waals surface area contributed by atoms with Crippen LogP contribution in [0.5, 0.6) is 0 Å². The molecule has 0 aliphatic rings. The van der Waals surface area contributed by atoms with Crippen molar-refractivity contribution in [1.29, 1.82) is 0 Å². The molecule has 0 saturated heterocycles. The van der Waals surface area contributed by atoms with E-state index in [1.807, 2.05) is 0 Å². The molecule has 1 atom stereocenters. The lowest BCUT2D eigenvalue weighted by Gasteiger charge is -2.27. The maximum atomic E-state index is 12.9. The van der Waals surface area contributed by atoms with Gasteiger partial charge < -0.3 is 9.64 Å². The van der Waals surface area contributed by atoms with Gasteiger partial charge in [0.1, 0.15) is 6.04 Å². The van der Waals surface area contributed by atoms with Crippen LogP contribution in [-0.4, -0.2) is 41.9 Å². The third kappa shape index (κ3) is 4.62. The van der Waals surface area contributed by atoms with Crippen LogP contribution in [0.4, 0.5) is 5.69 Å². The van der Waals surface area contributed by atoms with Crippen molar-refractivity contribution in [2.24, 2.45) is 0 Å².